The zero-order chi connectivity index (χ0) is 19.5. The topological polar surface area (TPSA) is 92.0 Å². The van der Waals surface area contributed by atoms with E-state index in [4.69, 9.17) is 24.7 Å². The number of methoxy groups -OCH3 is 1. The molecule has 6 atom stereocenters. The van der Waals surface area contributed by atoms with E-state index < -0.39 is 30.8 Å². The molecule has 2 aliphatic rings. The van der Waals surface area contributed by atoms with E-state index in [0.29, 0.717) is 12.2 Å². The summed E-state index contributed by atoms with van der Waals surface area (Å²) in [5.41, 5.74) is 7.96. The second-order valence-electron chi connectivity index (χ2n) is 6.90. The van der Waals surface area contributed by atoms with E-state index in [1.165, 1.54) is 7.11 Å². The molecule has 0 radical (unpaired) electrons. The maximum absolute atomic E-state index is 12.6. The van der Waals surface area contributed by atoms with Gasteiger partial charge in [0.25, 0.3) is 5.91 Å². The average molecular weight is 384 g/mol. The van der Waals surface area contributed by atoms with Gasteiger partial charge >= 0.3 is 0 Å². The number of nitrogens with one attached hydrogen (secondary N) is 1. The molecule has 28 heavy (non-hydrogen) atoms. The van der Waals surface area contributed by atoms with Gasteiger partial charge in [0, 0.05) is 18.2 Å². The highest BCUT2D eigenvalue weighted by Crippen LogP contribution is 2.33. The van der Waals surface area contributed by atoms with Gasteiger partial charge in [-0.3, -0.25) is 4.79 Å². The Hall–Kier alpha value is -2.29. The van der Waals surface area contributed by atoms with Crippen LogP contribution in [0.3, 0.4) is 0 Å². The maximum atomic E-state index is 12.6. The van der Waals surface area contributed by atoms with Crippen LogP contribution in [-0.2, 0) is 18.9 Å². The molecular weight excluding hydrogens is 360 g/mol. The van der Waals surface area contributed by atoms with Gasteiger partial charge in [-0.2, -0.15) is 0 Å². The molecule has 2 fully saturated rings. The highest BCUT2D eigenvalue weighted by molar-refractivity contribution is 5.94. The Labute approximate surface area is 163 Å². The van der Waals surface area contributed by atoms with Crippen molar-refractivity contribution in [3.63, 3.8) is 0 Å². The summed E-state index contributed by atoms with van der Waals surface area (Å²) in [5.74, 6) is -0.239. The summed E-state index contributed by atoms with van der Waals surface area (Å²) < 4.78 is 23.4. The largest absolute Gasteiger partial charge is 0.354 e. The fraction of sp³-hybridized carbons (Fsp3) is 0.381. The number of hydrogen-bond acceptors (Lipinski definition) is 6. The quantitative estimate of drug-likeness (QED) is 0.832. The normalized spacial score (nSPS) is 32.4. The fourth-order valence-corrected chi connectivity index (χ4v) is 3.62. The van der Waals surface area contributed by atoms with Crippen molar-refractivity contribution in [2.45, 2.75) is 36.9 Å². The molecule has 4 rings (SSSR count). The van der Waals surface area contributed by atoms with E-state index in [2.05, 4.69) is 5.32 Å². The van der Waals surface area contributed by atoms with E-state index in [9.17, 15) is 4.79 Å². The molecule has 2 aromatic carbocycles. The monoisotopic (exact) mass is 384 g/mol. The minimum atomic E-state index is -0.690. The predicted octanol–water partition coefficient (Wildman–Crippen LogP) is 1.60. The molecule has 0 saturated carbocycles. The van der Waals surface area contributed by atoms with Crippen molar-refractivity contribution in [2.24, 2.45) is 5.73 Å². The molecule has 3 N–H and O–H groups in total. The molecule has 2 heterocycles. The molecule has 148 valence electrons. The van der Waals surface area contributed by atoms with Crippen LogP contribution < -0.4 is 11.1 Å². The Bertz CT molecular complexity index is 788. The number of ether oxygens (including phenoxy) is 4. The van der Waals surface area contributed by atoms with E-state index in [0.717, 1.165) is 5.56 Å². The Morgan fingerprint density at radius 1 is 1.07 bits per heavy atom. The van der Waals surface area contributed by atoms with Crippen LogP contribution in [0.2, 0.25) is 0 Å². The van der Waals surface area contributed by atoms with Crippen molar-refractivity contribution >= 4 is 5.91 Å². The molecule has 0 spiro atoms. The van der Waals surface area contributed by atoms with Crippen LogP contribution in [0.5, 0.6) is 0 Å². The van der Waals surface area contributed by atoms with Crippen molar-refractivity contribution in [1.29, 1.82) is 0 Å². The Balaban J connectivity index is 1.50. The van der Waals surface area contributed by atoms with Gasteiger partial charge in [-0.15, -0.1) is 0 Å². The third-order valence-corrected chi connectivity index (χ3v) is 5.09. The Kier molecular flexibility index (Phi) is 5.70. The van der Waals surface area contributed by atoms with Gasteiger partial charge < -0.3 is 30.0 Å². The van der Waals surface area contributed by atoms with Crippen molar-refractivity contribution in [2.75, 3.05) is 13.7 Å². The average Bonchev–Trinajstić information content (AvgIpc) is 2.76. The van der Waals surface area contributed by atoms with Crippen LogP contribution >= 0.6 is 0 Å². The summed E-state index contributed by atoms with van der Waals surface area (Å²) in [6, 6.07) is 17.5. The Morgan fingerprint density at radius 3 is 2.43 bits per heavy atom. The van der Waals surface area contributed by atoms with Gasteiger partial charge in [-0.1, -0.05) is 48.5 Å². The number of carbonyl (C=O) groups excluding carboxylic acids is 1. The van der Waals surface area contributed by atoms with Crippen molar-refractivity contribution < 1.29 is 23.7 Å². The lowest BCUT2D eigenvalue weighted by Gasteiger charge is -2.48. The predicted molar refractivity (Wildman–Crippen MR) is 101 cm³/mol. The van der Waals surface area contributed by atoms with Crippen LogP contribution in [0.25, 0.3) is 0 Å². The second kappa shape index (κ2) is 8.38. The third kappa shape index (κ3) is 3.80. The maximum Gasteiger partial charge on any atom is 0.251 e. The summed E-state index contributed by atoms with van der Waals surface area (Å²) in [7, 11) is 1.52. The first-order chi connectivity index (χ1) is 13.7. The zero-order valence-electron chi connectivity index (χ0n) is 15.6. The van der Waals surface area contributed by atoms with Gasteiger partial charge in [0.2, 0.25) is 0 Å². The summed E-state index contributed by atoms with van der Waals surface area (Å²) in [6.45, 7) is 0.330. The van der Waals surface area contributed by atoms with Crippen molar-refractivity contribution in [3.8, 4) is 0 Å². The smallest absolute Gasteiger partial charge is 0.251 e. The second-order valence-corrected chi connectivity index (χ2v) is 6.90. The number of carbonyl (C=O) groups is 1. The van der Waals surface area contributed by atoms with Gasteiger partial charge in [0.05, 0.1) is 18.7 Å². The van der Waals surface area contributed by atoms with E-state index in [-0.39, 0.29) is 12.0 Å². The number of nitrogens with two attached hydrogens (primary N) is 1. The van der Waals surface area contributed by atoms with Gasteiger partial charge in [0.15, 0.2) is 12.6 Å². The third-order valence-electron chi connectivity index (χ3n) is 5.09. The fourth-order valence-electron chi connectivity index (χ4n) is 3.62. The van der Waals surface area contributed by atoms with Crippen LogP contribution in [0, 0.1) is 0 Å². The molecule has 0 unspecified atom stereocenters. The first-order valence-electron chi connectivity index (χ1n) is 9.29. The first-order valence-corrected chi connectivity index (χ1v) is 9.29. The van der Waals surface area contributed by atoms with Gasteiger partial charge in [-0.25, -0.2) is 0 Å². The standard InChI is InChI=1S/C21H24N2O5/c1-25-21-17(23-19(24)13-8-4-2-5-9-13)16(22)18-15(27-21)12-26-20(28-18)14-10-6-3-7-11-14/h2-11,15-18,20-21H,12,22H2,1H3,(H,23,24)/t15-,16-,17-,18+,20-,21-/m0/s1. The van der Waals surface area contributed by atoms with E-state index in [1.54, 1.807) is 12.1 Å². The van der Waals surface area contributed by atoms with Crippen LogP contribution in [0.4, 0.5) is 0 Å². The highest BCUT2D eigenvalue weighted by atomic mass is 16.7. The summed E-state index contributed by atoms with van der Waals surface area (Å²) in [5, 5.41) is 2.94. The number of amides is 1. The summed E-state index contributed by atoms with van der Waals surface area (Å²) >= 11 is 0. The molecule has 2 aliphatic heterocycles. The summed E-state index contributed by atoms with van der Waals surface area (Å²) in [6.07, 6.45) is -2.03. The molecule has 2 aromatic rings. The van der Waals surface area contributed by atoms with E-state index in [1.807, 2.05) is 48.5 Å². The zero-order valence-corrected chi connectivity index (χ0v) is 15.6. The first kappa shape index (κ1) is 19.0. The van der Waals surface area contributed by atoms with Crippen LogP contribution in [0.1, 0.15) is 22.2 Å². The Morgan fingerprint density at radius 2 is 1.75 bits per heavy atom. The van der Waals surface area contributed by atoms with Crippen molar-refractivity contribution in [3.05, 3.63) is 71.8 Å². The van der Waals surface area contributed by atoms with Crippen molar-refractivity contribution in [1.82, 2.24) is 5.32 Å². The van der Waals surface area contributed by atoms with E-state index >= 15 is 0 Å². The van der Waals surface area contributed by atoms with Gasteiger partial charge in [0.1, 0.15) is 12.2 Å². The molecule has 0 aliphatic carbocycles. The molecule has 0 aromatic heterocycles. The molecule has 7 heteroatoms. The number of hydrogen-bond donors (Lipinski definition) is 2. The number of fused-ring (bicyclic) bond motifs is 1. The van der Waals surface area contributed by atoms with Crippen LogP contribution in [0.15, 0.2) is 60.7 Å². The van der Waals surface area contributed by atoms with Crippen LogP contribution in [-0.4, -0.2) is 50.2 Å². The lowest BCUT2D eigenvalue weighted by Crippen LogP contribution is -2.69. The molecule has 1 amide bonds. The number of rotatable bonds is 4. The molecule has 2 saturated heterocycles. The number of benzene rings is 2. The minimum absolute atomic E-state index is 0.239. The molecule has 0 bridgehead atoms. The lowest BCUT2D eigenvalue weighted by molar-refractivity contribution is -0.322. The lowest BCUT2D eigenvalue weighted by atomic mass is 9.93. The minimum Gasteiger partial charge on any atom is -0.354 e. The highest BCUT2D eigenvalue weighted by Gasteiger charge is 2.49. The summed E-state index contributed by atoms with van der Waals surface area (Å²) in [4.78, 5) is 12.6. The molecular formula is C21H24N2O5. The molecule has 7 nitrogen and oxygen atoms in total. The van der Waals surface area contributed by atoms with Gasteiger partial charge in [-0.05, 0) is 12.1 Å². The SMILES string of the molecule is CO[C@H]1O[C@H]2CO[C@H](c3ccccc3)O[C@H]2[C@@H](N)[C@@H]1NC(=O)c1ccccc1.